The fraction of sp³-hybridized carbons (Fsp3) is 0.111. The van der Waals surface area contributed by atoms with E-state index in [1.165, 1.54) is 6.07 Å². The van der Waals surface area contributed by atoms with Crippen LogP contribution >= 0.6 is 0 Å². The van der Waals surface area contributed by atoms with E-state index < -0.39 is 11.7 Å². The number of anilines is 2. The van der Waals surface area contributed by atoms with Gasteiger partial charge in [-0.15, -0.1) is 0 Å². The molecule has 8 heteroatoms. The van der Waals surface area contributed by atoms with Gasteiger partial charge in [0.25, 0.3) is 11.8 Å². The van der Waals surface area contributed by atoms with Crippen LogP contribution < -0.4 is 11.5 Å². The van der Waals surface area contributed by atoms with Crippen molar-refractivity contribution in [2.45, 2.75) is 6.18 Å². The second-order valence-electron chi connectivity index (χ2n) is 3.30. The number of benzene rings is 1. The third-order valence-corrected chi connectivity index (χ3v) is 1.97. The number of aromatic nitrogens is 2. The third-order valence-electron chi connectivity index (χ3n) is 1.97. The number of hydrogen-bond donors (Lipinski definition) is 2. The zero-order valence-corrected chi connectivity index (χ0v) is 8.32. The van der Waals surface area contributed by atoms with Crippen molar-refractivity contribution in [1.29, 1.82) is 0 Å². The molecule has 4 N–H and O–H groups in total. The van der Waals surface area contributed by atoms with E-state index in [9.17, 15) is 13.2 Å². The zero-order chi connectivity index (χ0) is 12.6. The Balaban J connectivity index is 2.52. The van der Waals surface area contributed by atoms with Crippen molar-refractivity contribution in [3.8, 4) is 11.5 Å². The van der Waals surface area contributed by atoms with Crippen LogP contribution in [0.4, 0.5) is 24.8 Å². The summed E-state index contributed by atoms with van der Waals surface area (Å²) in [6, 6.07) is 2.98. The second-order valence-corrected chi connectivity index (χ2v) is 3.30. The monoisotopic (exact) mass is 244 g/mol. The molecule has 0 radical (unpaired) electrons. The summed E-state index contributed by atoms with van der Waals surface area (Å²) in [7, 11) is 0. The molecule has 17 heavy (non-hydrogen) atoms. The first-order valence-corrected chi connectivity index (χ1v) is 4.43. The lowest BCUT2D eigenvalue weighted by Gasteiger charge is -2.08. The Bertz CT molecular complexity index is 549. The van der Waals surface area contributed by atoms with Crippen LogP contribution in [0.25, 0.3) is 11.5 Å². The molecule has 0 bridgehead atoms. The van der Waals surface area contributed by atoms with Crippen molar-refractivity contribution in [3.63, 3.8) is 0 Å². The minimum Gasteiger partial charge on any atom is -0.399 e. The first-order valence-electron chi connectivity index (χ1n) is 4.43. The second kappa shape index (κ2) is 3.65. The van der Waals surface area contributed by atoms with Gasteiger partial charge < -0.3 is 16.0 Å². The summed E-state index contributed by atoms with van der Waals surface area (Å²) >= 11 is 0. The van der Waals surface area contributed by atoms with Crippen molar-refractivity contribution in [3.05, 3.63) is 23.8 Å². The normalized spacial score (nSPS) is 11.7. The molecule has 0 amide bonds. The van der Waals surface area contributed by atoms with E-state index in [1.807, 2.05) is 0 Å². The zero-order valence-electron chi connectivity index (χ0n) is 8.32. The molecule has 0 fully saturated rings. The van der Waals surface area contributed by atoms with Gasteiger partial charge in [0, 0.05) is 11.3 Å². The van der Waals surface area contributed by atoms with Gasteiger partial charge in [0.15, 0.2) is 0 Å². The number of halogens is 3. The maximum Gasteiger partial charge on any atom is 0.416 e. The van der Waals surface area contributed by atoms with Gasteiger partial charge in [-0.2, -0.15) is 18.2 Å². The number of nitrogen functional groups attached to an aromatic ring is 2. The lowest BCUT2D eigenvalue weighted by molar-refractivity contribution is -0.137. The molecule has 0 spiro atoms. The molecule has 5 nitrogen and oxygen atoms in total. The summed E-state index contributed by atoms with van der Waals surface area (Å²) in [6.07, 6.45) is -4.49. The highest BCUT2D eigenvalue weighted by Gasteiger charge is 2.31. The molecule has 0 atom stereocenters. The Morgan fingerprint density at radius 3 is 2.35 bits per heavy atom. The van der Waals surface area contributed by atoms with Crippen LogP contribution in [0, 0.1) is 0 Å². The number of hydrogen-bond acceptors (Lipinski definition) is 5. The molecule has 0 saturated heterocycles. The highest BCUT2D eigenvalue weighted by Crippen LogP contribution is 2.33. The lowest BCUT2D eigenvalue weighted by atomic mass is 10.1. The Kier molecular flexibility index (Phi) is 2.41. The van der Waals surface area contributed by atoms with Crippen molar-refractivity contribution < 1.29 is 17.7 Å². The minimum atomic E-state index is -4.49. The standard InChI is InChI=1S/C9H7F3N4O/c10-9(11,12)5-1-4(2-6(13)3-5)7-15-8(14)16-17-7/h1-3H,13H2,(H2,14,16). The molecule has 90 valence electrons. The van der Waals surface area contributed by atoms with E-state index in [0.717, 1.165) is 12.1 Å². The molecule has 0 aliphatic heterocycles. The number of nitrogens with zero attached hydrogens (tertiary/aromatic N) is 2. The van der Waals surface area contributed by atoms with Crippen LogP contribution in [-0.4, -0.2) is 10.1 Å². The van der Waals surface area contributed by atoms with E-state index in [2.05, 4.69) is 14.7 Å². The summed E-state index contributed by atoms with van der Waals surface area (Å²) in [5.41, 5.74) is 9.72. The number of alkyl halides is 3. The molecule has 1 heterocycles. The molecule has 2 rings (SSSR count). The summed E-state index contributed by atoms with van der Waals surface area (Å²) in [6.45, 7) is 0. The quantitative estimate of drug-likeness (QED) is 0.748. The van der Waals surface area contributed by atoms with E-state index in [0.29, 0.717) is 0 Å². The Morgan fingerprint density at radius 2 is 1.82 bits per heavy atom. The average Bonchev–Trinajstić information content (AvgIpc) is 2.62. The van der Waals surface area contributed by atoms with Crippen LogP contribution in [-0.2, 0) is 6.18 Å². The van der Waals surface area contributed by atoms with Crippen LogP contribution in [0.5, 0.6) is 0 Å². The van der Waals surface area contributed by atoms with Gasteiger partial charge in [0.1, 0.15) is 0 Å². The smallest absolute Gasteiger partial charge is 0.399 e. The van der Waals surface area contributed by atoms with E-state index in [4.69, 9.17) is 11.5 Å². The van der Waals surface area contributed by atoms with Crippen molar-refractivity contribution in [1.82, 2.24) is 10.1 Å². The molecule has 2 aromatic rings. The van der Waals surface area contributed by atoms with Crippen LogP contribution in [0.15, 0.2) is 22.7 Å². The van der Waals surface area contributed by atoms with Gasteiger partial charge in [-0.25, -0.2) is 0 Å². The third kappa shape index (κ3) is 2.30. The summed E-state index contributed by atoms with van der Waals surface area (Å²) < 4.78 is 42.2. The van der Waals surface area contributed by atoms with E-state index in [-0.39, 0.29) is 23.1 Å². The fourth-order valence-electron chi connectivity index (χ4n) is 1.29. The minimum absolute atomic E-state index is 0.0494. The first-order chi connectivity index (χ1) is 7.86. The highest BCUT2D eigenvalue weighted by atomic mass is 19.4. The molecule has 0 aliphatic rings. The van der Waals surface area contributed by atoms with Crippen molar-refractivity contribution in [2.24, 2.45) is 0 Å². The van der Waals surface area contributed by atoms with Gasteiger partial charge in [-0.1, -0.05) is 0 Å². The lowest BCUT2D eigenvalue weighted by Crippen LogP contribution is -2.06. The topological polar surface area (TPSA) is 91.0 Å². The van der Waals surface area contributed by atoms with Gasteiger partial charge in [0.2, 0.25) is 0 Å². The molecule has 1 aromatic carbocycles. The van der Waals surface area contributed by atoms with Crippen LogP contribution in [0.3, 0.4) is 0 Å². The largest absolute Gasteiger partial charge is 0.416 e. The molecule has 0 saturated carbocycles. The maximum atomic E-state index is 12.5. The Labute approximate surface area is 93.2 Å². The highest BCUT2D eigenvalue weighted by molar-refractivity contribution is 5.62. The van der Waals surface area contributed by atoms with Crippen molar-refractivity contribution >= 4 is 11.6 Å². The Morgan fingerprint density at radius 1 is 1.12 bits per heavy atom. The maximum absolute atomic E-state index is 12.5. The summed E-state index contributed by atoms with van der Waals surface area (Å²) in [4.78, 5) is 3.62. The molecular formula is C9H7F3N4O. The first kappa shape index (κ1) is 11.2. The molecule has 1 aromatic heterocycles. The molecular weight excluding hydrogens is 237 g/mol. The van der Waals surface area contributed by atoms with Crippen LogP contribution in [0.1, 0.15) is 5.56 Å². The molecule has 0 aliphatic carbocycles. The number of nitrogens with two attached hydrogens (primary N) is 2. The predicted molar refractivity (Wildman–Crippen MR) is 53.6 cm³/mol. The van der Waals surface area contributed by atoms with E-state index in [1.54, 1.807) is 0 Å². The fourth-order valence-corrected chi connectivity index (χ4v) is 1.29. The Hall–Kier alpha value is -2.25. The van der Waals surface area contributed by atoms with E-state index >= 15 is 0 Å². The summed E-state index contributed by atoms with van der Waals surface area (Å²) in [5, 5.41) is 3.28. The van der Waals surface area contributed by atoms with Gasteiger partial charge in [-0.3, -0.25) is 0 Å². The molecule has 0 unspecified atom stereocenters. The summed E-state index contributed by atoms with van der Waals surface area (Å²) in [5.74, 6) is -0.267. The van der Waals surface area contributed by atoms with Crippen LogP contribution in [0.2, 0.25) is 0 Å². The van der Waals surface area contributed by atoms with Gasteiger partial charge in [0.05, 0.1) is 5.56 Å². The average molecular weight is 244 g/mol. The van der Waals surface area contributed by atoms with Crippen molar-refractivity contribution in [2.75, 3.05) is 11.5 Å². The van der Waals surface area contributed by atoms with Gasteiger partial charge >= 0.3 is 6.18 Å². The predicted octanol–water partition coefficient (Wildman–Crippen LogP) is 1.92. The SMILES string of the molecule is Nc1cc(-c2nc(N)no2)cc(C(F)(F)F)c1. The van der Waals surface area contributed by atoms with Gasteiger partial charge in [-0.05, 0) is 23.4 Å². The number of rotatable bonds is 1.